The summed E-state index contributed by atoms with van der Waals surface area (Å²) in [6, 6.07) is 4.65. The van der Waals surface area contributed by atoms with Crippen LogP contribution in [0.1, 0.15) is 31.7 Å². The standard InChI is InChI=1S/C18H23N3O4/c1-12-18(24)21-15-10-14(25-2)9-8-13(15)6-4-3-5-7-16(22)19-11-17(23)20-12/h4,6,8-10,12H,3,5,7,11H2,1-2H3,(H,19,22)(H,20,23)(H,21,24)/t12-/m1/s1. The fraction of sp³-hybridized carbons (Fsp3) is 0.389. The van der Waals surface area contributed by atoms with E-state index in [-0.39, 0.29) is 18.4 Å². The minimum atomic E-state index is -0.738. The van der Waals surface area contributed by atoms with Gasteiger partial charge in [-0.15, -0.1) is 0 Å². The highest BCUT2D eigenvalue weighted by molar-refractivity contribution is 5.99. The number of ether oxygens (including phenoxy) is 1. The molecule has 0 saturated heterocycles. The lowest BCUT2D eigenvalue weighted by Gasteiger charge is -2.16. The average molecular weight is 345 g/mol. The maximum Gasteiger partial charge on any atom is 0.246 e. The molecule has 0 radical (unpaired) electrons. The number of fused-ring (bicyclic) bond motifs is 1. The lowest BCUT2D eigenvalue weighted by Crippen LogP contribution is -2.45. The van der Waals surface area contributed by atoms with Crippen LogP contribution in [-0.2, 0) is 14.4 Å². The molecule has 7 heteroatoms. The van der Waals surface area contributed by atoms with Crippen LogP contribution in [0.25, 0.3) is 6.08 Å². The molecule has 1 atom stereocenters. The molecule has 1 aliphatic rings. The number of hydrogen-bond donors (Lipinski definition) is 3. The first-order valence-electron chi connectivity index (χ1n) is 8.21. The summed E-state index contributed by atoms with van der Waals surface area (Å²) in [5.74, 6) is -0.315. The van der Waals surface area contributed by atoms with Gasteiger partial charge in [-0.3, -0.25) is 14.4 Å². The number of hydrogen-bond acceptors (Lipinski definition) is 4. The number of carbonyl (C=O) groups is 3. The van der Waals surface area contributed by atoms with Crippen molar-refractivity contribution in [3.63, 3.8) is 0 Å². The highest BCUT2D eigenvalue weighted by atomic mass is 16.5. The van der Waals surface area contributed by atoms with Gasteiger partial charge in [-0.1, -0.05) is 12.2 Å². The number of allylic oxidation sites excluding steroid dienone is 1. The number of carbonyl (C=O) groups excluding carboxylic acids is 3. The van der Waals surface area contributed by atoms with Crippen LogP contribution in [0.15, 0.2) is 24.3 Å². The Morgan fingerprint density at radius 3 is 2.72 bits per heavy atom. The van der Waals surface area contributed by atoms with Gasteiger partial charge < -0.3 is 20.7 Å². The van der Waals surface area contributed by atoms with E-state index in [2.05, 4.69) is 16.0 Å². The van der Waals surface area contributed by atoms with Crippen molar-refractivity contribution in [2.45, 2.75) is 32.2 Å². The monoisotopic (exact) mass is 345 g/mol. The SMILES string of the molecule is COc1ccc2c(c1)NC(=O)[C@@H](C)NC(=O)CNC(=O)CCCC=C2. The molecule has 0 unspecified atom stereocenters. The summed E-state index contributed by atoms with van der Waals surface area (Å²) in [6.07, 6.45) is 5.60. The van der Waals surface area contributed by atoms with Gasteiger partial charge in [0.1, 0.15) is 11.8 Å². The number of benzene rings is 1. The van der Waals surface area contributed by atoms with Crippen LogP contribution in [0.3, 0.4) is 0 Å². The van der Waals surface area contributed by atoms with Crippen molar-refractivity contribution in [2.75, 3.05) is 19.0 Å². The molecule has 2 rings (SSSR count). The van der Waals surface area contributed by atoms with Crippen LogP contribution in [0.2, 0.25) is 0 Å². The molecule has 134 valence electrons. The first-order valence-corrected chi connectivity index (χ1v) is 8.21. The molecule has 0 aromatic heterocycles. The van der Waals surface area contributed by atoms with E-state index in [1.54, 1.807) is 20.1 Å². The zero-order valence-corrected chi connectivity index (χ0v) is 14.4. The summed E-state index contributed by atoms with van der Waals surface area (Å²) in [6.45, 7) is 1.44. The van der Waals surface area contributed by atoms with Gasteiger partial charge in [-0.05, 0) is 37.5 Å². The van der Waals surface area contributed by atoms with E-state index in [1.165, 1.54) is 0 Å². The number of nitrogens with one attached hydrogen (secondary N) is 3. The number of amides is 3. The molecular formula is C18H23N3O4. The molecule has 0 spiro atoms. The third-order valence-electron chi connectivity index (χ3n) is 3.81. The quantitative estimate of drug-likeness (QED) is 0.718. The second-order valence-corrected chi connectivity index (χ2v) is 5.80. The van der Waals surface area contributed by atoms with Crippen molar-refractivity contribution < 1.29 is 19.1 Å². The van der Waals surface area contributed by atoms with Crippen molar-refractivity contribution in [3.05, 3.63) is 29.8 Å². The molecule has 1 aliphatic heterocycles. The number of anilines is 1. The van der Waals surface area contributed by atoms with Gasteiger partial charge in [0.25, 0.3) is 0 Å². The van der Waals surface area contributed by atoms with Gasteiger partial charge in [0.2, 0.25) is 17.7 Å². The Morgan fingerprint density at radius 2 is 1.96 bits per heavy atom. The fourth-order valence-corrected chi connectivity index (χ4v) is 2.37. The second kappa shape index (κ2) is 8.86. The van der Waals surface area contributed by atoms with Gasteiger partial charge in [-0.25, -0.2) is 0 Å². The van der Waals surface area contributed by atoms with E-state index in [4.69, 9.17) is 4.74 Å². The Kier molecular flexibility index (Phi) is 6.56. The number of rotatable bonds is 1. The van der Waals surface area contributed by atoms with Gasteiger partial charge >= 0.3 is 0 Å². The molecule has 7 nitrogen and oxygen atoms in total. The average Bonchev–Trinajstić information content (AvgIpc) is 2.60. The van der Waals surface area contributed by atoms with Gasteiger partial charge in [0, 0.05) is 12.5 Å². The third kappa shape index (κ3) is 5.63. The maximum absolute atomic E-state index is 12.3. The summed E-state index contributed by atoms with van der Waals surface area (Å²) in [7, 11) is 1.55. The first-order chi connectivity index (χ1) is 12.0. The molecule has 1 aromatic rings. The van der Waals surface area contributed by atoms with Crippen molar-refractivity contribution >= 4 is 29.5 Å². The summed E-state index contributed by atoms with van der Waals surface area (Å²) < 4.78 is 5.21. The van der Waals surface area contributed by atoms with Crippen LogP contribution in [0, 0.1) is 0 Å². The Balaban J connectivity index is 2.25. The lowest BCUT2D eigenvalue weighted by molar-refractivity contribution is -0.128. The van der Waals surface area contributed by atoms with Crippen LogP contribution in [0.5, 0.6) is 5.75 Å². The van der Waals surface area contributed by atoms with Gasteiger partial charge in [0.15, 0.2) is 0 Å². The van der Waals surface area contributed by atoms with Crippen LogP contribution >= 0.6 is 0 Å². The molecule has 3 amide bonds. The van der Waals surface area contributed by atoms with Gasteiger partial charge in [-0.2, -0.15) is 0 Å². The predicted octanol–water partition coefficient (Wildman–Crippen LogP) is 1.45. The fourth-order valence-electron chi connectivity index (χ4n) is 2.37. The molecule has 0 bridgehead atoms. The van der Waals surface area contributed by atoms with E-state index >= 15 is 0 Å². The smallest absolute Gasteiger partial charge is 0.246 e. The topological polar surface area (TPSA) is 96.5 Å². The highest BCUT2D eigenvalue weighted by Crippen LogP contribution is 2.24. The van der Waals surface area contributed by atoms with Crippen LogP contribution in [-0.4, -0.2) is 37.4 Å². The van der Waals surface area contributed by atoms with Gasteiger partial charge in [0.05, 0.1) is 19.3 Å². The lowest BCUT2D eigenvalue weighted by atomic mass is 10.1. The Morgan fingerprint density at radius 1 is 1.16 bits per heavy atom. The summed E-state index contributed by atoms with van der Waals surface area (Å²) in [4.78, 5) is 35.8. The molecule has 3 N–H and O–H groups in total. The Labute approximate surface area is 146 Å². The zero-order valence-electron chi connectivity index (χ0n) is 14.4. The summed E-state index contributed by atoms with van der Waals surface area (Å²) in [5, 5.41) is 7.92. The summed E-state index contributed by atoms with van der Waals surface area (Å²) in [5.41, 5.74) is 1.43. The summed E-state index contributed by atoms with van der Waals surface area (Å²) >= 11 is 0. The normalized spacial score (nSPS) is 19.6. The van der Waals surface area contributed by atoms with Crippen molar-refractivity contribution in [1.29, 1.82) is 0 Å². The highest BCUT2D eigenvalue weighted by Gasteiger charge is 2.17. The molecule has 0 fully saturated rings. The molecule has 1 aromatic carbocycles. The Hall–Kier alpha value is -2.83. The first kappa shape index (κ1) is 18.5. The third-order valence-corrected chi connectivity index (χ3v) is 3.81. The molecule has 0 aliphatic carbocycles. The molecule has 0 saturated carbocycles. The zero-order chi connectivity index (χ0) is 18.2. The Bertz CT molecular complexity index is 685. The van der Waals surface area contributed by atoms with Crippen molar-refractivity contribution in [1.82, 2.24) is 10.6 Å². The van der Waals surface area contributed by atoms with Crippen LogP contribution in [0.4, 0.5) is 5.69 Å². The largest absolute Gasteiger partial charge is 0.497 e. The molecular weight excluding hydrogens is 322 g/mol. The minimum absolute atomic E-state index is 0.142. The van der Waals surface area contributed by atoms with Crippen molar-refractivity contribution in [2.24, 2.45) is 0 Å². The van der Waals surface area contributed by atoms with Crippen LogP contribution < -0.4 is 20.7 Å². The molecule has 25 heavy (non-hydrogen) atoms. The van der Waals surface area contributed by atoms with E-state index in [9.17, 15) is 14.4 Å². The predicted molar refractivity (Wildman–Crippen MR) is 95.1 cm³/mol. The molecule has 1 heterocycles. The van der Waals surface area contributed by atoms with Crippen molar-refractivity contribution in [3.8, 4) is 5.75 Å². The second-order valence-electron chi connectivity index (χ2n) is 5.80. The number of methoxy groups -OCH3 is 1. The van der Waals surface area contributed by atoms with E-state index in [1.807, 2.05) is 24.3 Å². The van der Waals surface area contributed by atoms with E-state index in [0.717, 1.165) is 12.0 Å². The van der Waals surface area contributed by atoms with E-state index < -0.39 is 11.9 Å². The maximum atomic E-state index is 12.3. The minimum Gasteiger partial charge on any atom is -0.497 e. The van der Waals surface area contributed by atoms with E-state index in [0.29, 0.717) is 24.3 Å².